The van der Waals surface area contributed by atoms with E-state index in [4.69, 9.17) is 19.2 Å². The van der Waals surface area contributed by atoms with Crippen LogP contribution in [0.5, 0.6) is 0 Å². The van der Waals surface area contributed by atoms with E-state index in [-0.39, 0.29) is 16.5 Å². The molecular weight excluding hydrogens is 151 g/mol. The standard InChI is InChI=1S/Ni.O4Si/c;1-5(2,3)4/q+2;-4. The molecule has 0 spiro atoms. The Labute approximate surface area is 45.5 Å². The van der Waals surface area contributed by atoms with E-state index in [1.54, 1.807) is 0 Å². The van der Waals surface area contributed by atoms with Crippen LogP contribution in [0.25, 0.3) is 0 Å². The molecule has 0 aliphatic rings. The zero-order valence-electron chi connectivity index (χ0n) is 2.45. The van der Waals surface area contributed by atoms with E-state index >= 15 is 0 Å². The van der Waals surface area contributed by atoms with Gasteiger partial charge in [0.25, 0.3) is 0 Å². The van der Waals surface area contributed by atoms with E-state index in [2.05, 4.69) is 0 Å². The predicted octanol–water partition coefficient (Wildman–Crippen LogP) is -5.14. The number of rotatable bonds is 0. The molecule has 0 fully saturated rings. The molecule has 0 saturated carbocycles. The average Bonchev–Trinajstić information content (AvgIpc) is 0.722. The van der Waals surface area contributed by atoms with Gasteiger partial charge in [0, 0.05) is 0 Å². The van der Waals surface area contributed by atoms with Crippen LogP contribution in [0.2, 0.25) is 0 Å². The maximum Gasteiger partial charge on any atom is 2.00 e. The molecule has 0 saturated heterocycles. The third-order valence-corrected chi connectivity index (χ3v) is 0. The molecule has 0 unspecified atom stereocenters. The predicted molar refractivity (Wildman–Crippen MR) is 5.75 cm³/mol. The van der Waals surface area contributed by atoms with Crippen molar-refractivity contribution in [3.63, 3.8) is 0 Å². The van der Waals surface area contributed by atoms with Crippen molar-refractivity contribution in [3.8, 4) is 0 Å². The zero-order chi connectivity index (χ0) is 4.50. The first-order chi connectivity index (χ1) is 2.00. The first-order valence-electron chi connectivity index (χ1n) is 0.816. The molecule has 0 amide bonds. The summed E-state index contributed by atoms with van der Waals surface area (Å²) in [5, 5.41) is 0. The molecule has 0 aromatic rings. The minimum Gasteiger partial charge on any atom is -0.894 e. The fraction of sp³-hybridized carbons (Fsp3) is 0. The average molecular weight is 151 g/mol. The van der Waals surface area contributed by atoms with Crippen LogP contribution in [-0.2, 0) is 16.5 Å². The quantitative estimate of drug-likeness (QED) is 0.323. The van der Waals surface area contributed by atoms with Gasteiger partial charge in [-0.3, -0.25) is 0 Å². The van der Waals surface area contributed by atoms with Gasteiger partial charge in [-0.1, -0.05) is 0 Å². The van der Waals surface area contributed by atoms with Crippen LogP contribution >= 0.6 is 0 Å². The van der Waals surface area contributed by atoms with Gasteiger partial charge in [0.2, 0.25) is 0 Å². The second-order valence-electron chi connectivity index (χ2n) is 0.500. The van der Waals surface area contributed by atoms with Crippen molar-refractivity contribution >= 4 is 9.05 Å². The van der Waals surface area contributed by atoms with Crippen LogP contribution in [-0.4, -0.2) is 9.05 Å². The summed E-state index contributed by atoms with van der Waals surface area (Å²) < 4.78 is 0. The Kier molecular flexibility index (Phi) is 4.35. The van der Waals surface area contributed by atoms with Crippen LogP contribution in [0.3, 0.4) is 0 Å². The molecule has 0 rings (SSSR count). The second kappa shape index (κ2) is 2.68. The first-order valence-corrected chi connectivity index (χ1v) is 2.45. The monoisotopic (exact) mass is 150 g/mol. The van der Waals surface area contributed by atoms with E-state index in [1.165, 1.54) is 0 Å². The third kappa shape index (κ3) is 189. The van der Waals surface area contributed by atoms with Crippen molar-refractivity contribution in [1.82, 2.24) is 0 Å². The fourth-order valence-electron chi connectivity index (χ4n) is 0. The van der Waals surface area contributed by atoms with Crippen molar-refractivity contribution in [2.75, 3.05) is 0 Å². The third-order valence-electron chi connectivity index (χ3n) is 0. The molecular formula is NiO4Si-2. The molecule has 0 atom stereocenters. The van der Waals surface area contributed by atoms with E-state index in [9.17, 15) is 0 Å². The Morgan fingerprint density at radius 1 is 0.833 bits per heavy atom. The summed E-state index contributed by atoms with van der Waals surface area (Å²) in [6, 6.07) is 0. The van der Waals surface area contributed by atoms with E-state index in [0.717, 1.165) is 0 Å². The molecule has 6 heteroatoms. The van der Waals surface area contributed by atoms with Crippen LogP contribution in [0.4, 0.5) is 0 Å². The molecule has 0 aliphatic heterocycles. The largest absolute Gasteiger partial charge is 2.00 e. The molecule has 0 aromatic heterocycles. The molecule has 0 heterocycles. The van der Waals surface area contributed by atoms with E-state index in [0.29, 0.717) is 0 Å². The Hall–Kier alpha value is 0.550. The topological polar surface area (TPSA) is 92.2 Å². The van der Waals surface area contributed by atoms with Gasteiger partial charge in [-0.15, -0.1) is 0 Å². The minimum absolute atomic E-state index is 0. The summed E-state index contributed by atoms with van der Waals surface area (Å²) >= 11 is 0. The van der Waals surface area contributed by atoms with Gasteiger partial charge in [0.05, 0.1) is 0 Å². The molecule has 0 bridgehead atoms. The van der Waals surface area contributed by atoms with Gasteiger partial charge in [-0.05, 0) is 0 Å². The van der Waals surface area contributed by atoms with Crippen molar-refractivity contribution < 1.29 is 35.7 Å². The zero-order valence-corrected chi connectivity index (χ0v) is 4.44. The van der Waals surface area contributed by atoms with Gasteiger partial charge in [-0.2, -0.15) is 0 Å². The molecule has 40 valence electrons. The van der Waals surface area contributed by atoms with Gasteiger partial charge < -0.3 is 28.2 Å². The summed E-state index contributed by atoms with van der Waals surface area (Å²) in [7, 11) is -5.61. The minimum atomic E-state index is -5.61. The Morgan fingerprint density at radius 3 is 0.833 bits per heavy atom. The van der Waals surface area contributed by atoms with Gasteiger partial charge in [0.1, 0.15) is 0 Å². The van der Waals surface area contributed by atoms with Gasteiger partial charge in [-0.25, -0.2) is 0 Å². The maximum absolute atomic E-state index is 8.58. The summed E-state index contributed by atoms with van der Waals surface area (Å²) in [5.41, 5.74) is 0. The van der Waals surface area contributed by atoms with Crippen LogP contribution < -0.4 is 19.2 Å². The van der Waals surface area contributed by atoms with E-state index < -0.39 is 9.05 Å². The summed E-state index contributed by atoms with van der Waals surface area (Å²) in [5.74, 6) is 0. The van der Waals surface area contributed by atoms with Crippen molar-refractivity contribution in [2.45, 2.75) is 0 Å². The van der Waals surface area contributed by atoms with Crippen LogP contribution in [0, 0.1) is 0 Å². The molecule has 0 aromatic carbocycles. The summed E-state index contributed by atoms with van der Waals surface area (Å²) in [4.78, 5) is 34.3. The maximum atomic E-state index is 8.58. The Bertz CT molecular complexity index is 23.0. The van der Waals surface area contributed by atoms with Gasteiger partial charge in [0.15, 0.2) is 0 Å². The molecule has 6 heavy (non-hydrogen) atoms. The van der Waals surface area contributed by atoms with Gasteiger partial charge >= 0.3 is 16.5 Å². The van der Waals surface area contributed by atoms with E-state index in [1.807, 2.05) is 0 Å². The summed E-state index contributed by atoms with van der Waals surface area (Å²) in [6.45, 7) is 0. The Morgan fingerprint density at radius 2 is 0.833 bits per heavy atom. The normalized spacial score (nSPS) is 10.0. The van der Waals surface area contributed by atoms with Crippen molar-refractivity contribution in [2.24, 2.45) is 0 Å². The smallest absolute Gasteiger partial charge is 0.894 e. The molecule has 0 N–H and O–H groups in total. The molecule has 4 nitrogen and oxygen atoms in total. The SMILES string of the molecule is [Ni+2].[O-][Si]([O-])([O-])[O-]. The van der Waals surface area contributed by atoms with Crippen LogP contribution in [0.15, 0.2) is 0 Å². The van der Waals surface area contributed by atoms with Crippen LogP contribution in [0.1, 0.15) is 0 Å². The Balaban J connectivity index is 0. The summed E-state index contributed by atoms with van der Waals surface area (Å²) in [6.07, 6.45) is 0. The molecule has 0 aliphatic carbocycles. The fourth-order valence-corrected chi connectivity index (χ4v) is 0. The second-order valence-corrected chi connectivity index (χ2v) is 1.50. The number of hydrogen-bond donors (Lipinski definition) is 0. The molecule has 0 radical (unpaired) electrons. The van der Waals surface area contributed by atoms with Crippen molar-refractivity contribution in [1.29, 1.82) is 0 Å². The first kappa shape index (κ1) is 9.75. The number of hydrogen-bond acceptors (Lipinski definition) is 4. The van der Waals surface area contributed by atoms with Crippen molar-refractivity contribution in [3.05, 3.63) is 0 Å².